The van der Waals surface area contributed by atoms with Crippen molar-refractivity contribution >= 4 is 44.8 Å². The predicted molar refractivity (Wildman–Crippen MR) is 76.2 cm³/mol. The van der Waals surface area contributed by atoms with Gasteiger partial charge in [0.15, 0.2) is 0 Å². The van der Waals surface area contributed by atoms with Crippen LogP contribution in [0.4, 0.5) is 0 Å². The highest BCUT2D eigenvalue weighted by atomic mass is 35.5. The maximum absolute atomic E-state index is 11.9. The lowest BCUT2D eigenvalue weighted by atomic mass is 10.2. The fourth-order valence-electron chi connectivity index (χ4n) is 1.36. The second-order valence-electron chi connectivity index (χ2n) is 3.93. The summed E-state index contributed by atoms with van der Waals surface area (Å²) < 4.78 is 26.3. The van der Waals surface area contributed by atoms with Gasteiger partial charge in [0.2, 0.25) is 10.0 Å². The zero-order chi connectivity index (χ0) is 13.8. The quantitative estimate of drug-likeness (QED) is 0.639. The van der Waals surface area contributed by atoms with Crippen molar-refractivity contribution in [2.45, 2.75) is 30.0 Å². The van der Waals surface area contributed by atoms with Crippen molar-refractivity contribution in [3.05, 3.63) is 28.2 Å². The molecule has 0 radical (unpaired) electrons. The summed E-state index contributed by atoms with van der Waals surface area (Å²) in [5.74, 6) is 0. The zero-order valence-electron chi connectivity index (χ0n) is 9.79. The van der Waals surface area contributed by atoms with E-state index in [0.29, 0.717) is 13.0 Å². The van der Waals surface area contributed by atoms with Crippen LogP contribution in [0.3, 0.4) is 0 Å². The van der Waals surface area contributed by atoms with Gasteiger partial charge in [0.25, 0.3) is 0 Å². The highest BCUT2D eigenvalue weighted by Crippen LogP contribution is 2.22. The number of alkyl halides is 1. The summed E-state index contributed by atoms with van der Waals surface area (Å²) in [7, 11) is -3.57. The average molecular weight is 331 g/mol. The van der Waals surface area contributed by atoms with Crippen LogP contribution < -0.4 is 4.72 Å². The first-order valence-corrected chi connectivity index (χ1v) is 8.08. The molecule has 1 unspecified atom stereocenters. The topological polar surface area (TPSA) is 46.2 Å². The molecule has 18 heavy (non-hydrogen) atoms. The molecule has 0 saturated carbocycles. The Bertz CT molecular complexity index is 483. The van der Waals surface area contributed by atoms with Crippen molar-refractivity contribution in [2.75, 3.05) is 6.54 Å². The first-order chi connectivity index (χ1) is 8.31. The molecule has 0 aliphatic carbocycles. The Morgan fingerprint density at radius 2 is 1.78 bits per heavy atom. The van der Waals surface area contributed by atoms with E-state index in [9.17, 15) is 8.42 Å². The number of nitrogens with one attached hydrogen (secondary N) is 1. The number of hydrogen-bond acceptors (Lipinski definition) is 2. The van der Waals surface area contributed by atoms with Gasteiger partial charge in [-0.05, 0) is 38.0 Å². The summed E-state index contributed by atoms with van der Waals surface area (Å²) >= 11 is 17.3. The van der Waals surface area contributed by atoms with Gasteiger partial charge >= 0.3 is 0 Å². The molecule has 1 N–H and O–H groups in total. The third kappa shape index (κ3) is 5.33. The van der Waals surface area contributed by atoms with Crippen LogP contribution in [0.1, 0.15) is 19.8 Å². The summed E-state index contributed by atoms with van der Waals surface area (Å²) in [6, 6.07) is 4.21. The fourth-order valence-corrected chi connectivity index (χ4v) is 3.31. The van der Waals surface area contributed by atoms with Crippen molar-refractivity contribution < 1.29 is 8.42 Å². The van der Waals surface area contributed by atoms with Crippen molar-refractivity contribution in [1.82, 2.24) is 4.72 Å². The average Bonchev–Trinajstić information content (AvgIpc) is 2.23. The van der Waals surface area contributed by atoms with Crippen LogP contribution in [0.25, 0.3) is 0 Å². The molecule has 1 aromatic rings. The lowest BCUT2D eigenvalue weighted by molar-refractivity contribution is 0.576. The Morgan fingerprint density at radius 1 is 1.22 bits per heavy atom. The Kier molecular flexibility index (Phi) is 6.21. The Hall–Kier alpha value is -0.000000000000000111. The lowest BCUT2D eigenvalue weighted by Gasteiger charge is -2.08. The van der Waals surface area contributed by atoms with Crippen LogP contribution in [0.15, 0.2) is 23.1 Å². The number of benzene rings is 1. The molecule has 1 aromatic carbocycles. The second kappa shape index (κ2) is 6.96. The van der Waals surface area contributed by atoms with E-state index in [1.807, 2.05) is 6.92 Å². The fraction of sp³-hybridized carbons (Fsp3) is 0.455. The highest BCUT2D eigenvalue weighted by Gasteiger charge is 2.14. The van der Waals surface area contributed by atoms with Gasteiger partial charge in [0.05, 0.1) is 4.90 Å². The van der Waals surface area contributed by atoms with E-state index in [4.69, 9.17) is 34.8 Å². The molecule has 0 spiro atoms. The number of hydrogen-bond donors (Lipinski definition) is 1. The van der Waals surface area contributed by atoms with Gasteiger partial charge in [-0.1, -0.05) is 23.2 Å². The van der Waals surface area contributed by atoms with Crippen LogP contribution in [-0.4, -0.2) is 20.3 Å². The van der Waals surface area contributed by atoms with Crippen LogP contribution >= 0.6 is 34.8 Å². The monoisotopic (exact) mass is 329 g/mol. The Morgan fingerprint density at radius 3 is 2.28 bits per heavy atom. The summed E-state index contributed by atoms with van der Waals surface area (Å²) in [5, 5.41) is 0.615. The molecule has 1 atom stereocenters. The molecular weight excluding hydrogens is 317 g/mol. The van der Waals surface area contributed by atoms with E-state index in [2.05, 4.69) is 4.72 Å². The van der Waals surface area contributed by atoms with Gasteiger partial charge < -0.3 is 0 Å². The highest BCUT2D eigenvalue weighted by molar-refractivity contribution is 7.89. The van der Waals surface area contributed by atoms with Crippen molar-refractivity contribution in [2.24, 2.45) is 0 Å². The van der Waals surface area contributed by atoms with E-state index in [1.165, 1.54) is 18.2 Å². The largest absolute Gasteiger partial charge is 0.240 e. The molecular formula is C11H14Cl3NO2S. The molecule has 0 aliphatic heterocycles. The maximum Gasteiger partial charge on any atom is 0.240 e. The van der Waals surface area contributed by atoms with E-state index in [1.54, 1.807) is 0 Å². The zero-order valence-corrected chi connectivity index (χ0v) is 12.9. The number of sulfonamides is 1. The molecule has 0 aliphatic rings. The van der Waals surface area contributed by atoms with Crippen LogP contribution in [-0.2, 0) is 10.0 Å². The summed E-state index contributed by atoms with van der Waals surface area (Å²) in [4.78, 5) is 0.0684. The Labute approximate surface area is 122 Å². The molecule has 1 rings (SSSR count). The molecule has 0 fully saturated rings. The maximum atomic E-state index is 11.9. The van der Waals surface area contributed by atoms with Crippen molar-refractivity contribution in [1.29, 1.82) is 0 Å². The van der Waals surface area contributed by atoms with Gasteiger partial charge in [-0.3, -0.25) is 0 Å². The van der Waals surface area contributed by atoms with Crippen molar-refractivity contribution in [3.63, 3.8) is 0 Å². The minimum Gasteiger partial charge on any atom is -0.211 e. The molecule has 3 nitrogen and oxygen atoms in total. The van der Waals surface area contributed by atoms with Crippen molar-refractivity contribution in [3.8, 4) is 0 Å². The summed E-state index contributed by atoms with van der Waals surface area (Å²) in [6.07, 6.45) is 1.43. The molecule has 0 aromatic heterocycles. The standard InChI is InChI=1S/C11H14Cl3NO2S/c1-8(12)3-2-4-15-18(16,17)11-6-9(13)5-10(14)7-11/h5-8,15H,2-4H2,1H3. The SMILES string of the molecule is CC(Cl)CCCNS(=O)(=O)c1cc(Cl)cc(Cl)c1. The number of halogens is 3. The molecule has 7 heteroatoms. The predicted octanol–water partition coefficient (Wildman–Crippen LogP) is 3.68. The molecule has 0 saturated heterocycles. The second-order valence-corrected chi connectivity index (χ2v) is 7.31. The lowest BCUT2D eigenvalue weighted by Crippen LogP contribution is -2.25. The molecule has 0 bridgehead atoms. The smallest absolute Gasteiger partial charge is 0.211 e. The van der Waals surface area contributed by atoms with E-state index in [-0.39, 0.29) is 20.3 Å². The van der Waals surface area contributed by atoms with Crippen LogP contribution in [0.2, 0.25) is 10.0 Å². The summed E-state index contributed by atoms with van der Waals surface area (Å²) in [5.41, 5.74) is 0. The molecule has 102 valence electrons. The van der Waals surface area contributed by atoms with Gasteiger partial charge in [-0.2, -0.15) is 0 Å². The van der Waals surface area contributed by atoms with Gasteiger partial charge in [-0.25, -0.2) is 13.1 Å². The minimum atomic E-state index is -3.57. The normalized spacial score (nSPS) is 13.6. The van der Waals surface area contributed by atoms with Crippen LogP contribution in [0.5, 0.6) is 0 Å². The first kappa shape index (κ1) is 16.1. The van der Waals surface area contributed by atoms with E-state index < -0.39 is 10.0 Å². The van der Waals surface area contributed by atoms with Crippen LogP contribution in [0, 0.1) is 0 Å². The van der Waals surface area contributed by atoms with E-state index >= 15 is 0 Å². The van der Waals surface area contributed by atoms with Gasteiger partial charge in [0.1, 0.15) is 0 Å². The van der Waals surface area contributed by atoms with Gasteiger partial charge in [0, 0.05) is 22.0 Å². The third-order valence-corrected chi connectivity index (χ3v) is 4.31. The summed E-state index contributed by atoms with van der Waals surface area (Å²) in [6.45, 7) is 2.20. The van der Waals surface area contributed by atoms with Gasteiger partial charge in [-0.15, -0.1) is 11.6 Å². The first-order valence-electron chi connectivity index (χ1n) is 5.41. The third-order valence-electron chi connectivity index (χ3n) is 2.22. The Balaban J connectivity index is 2.68. The number of rotatable bonds is 6. The van der Waals surface area contributed by atoms with E-state index in [0.717, 1.165) is 6.42 Å². The molecule has 0 heterocycles. The minimum absolute atomic E-state index is 0.0371. The molecule has 0 amide bonds.